The fraction of sp³-hybridized carbons (Fsp3) is 0.300. The average Bonchev–Trinajstić information content (AvgIpc) is 2.63. The van der Waals surface area contributed by atoms with Crippen molar-refractivity contribution in [2.24, 2.45) is 0 Å². The molecule has 2 rings (SSSR count). The molecule has 0 radical (unpaired) electrons. The van der Waals surface area contributed by atoms with Gasteiger partial charge in [-0.2, -0.15) is 0 Å². The first kappa shape index (κ1) is 19.4. The summed E-state index contributed by atoms with van der Waals surface area (Å²) in [6.45, 7) is 5.56. The van der Waals surface area contributed by atoms with Gasteiger partial charge in [-0.1, -0.05) is 13.0 Å². The number of hydrogen-bond acceptors (Lipinski definition) is 4. The van der Waals surface area contributed by atoms with Gasteiger partial charge >= 0.3 is 5.97 Å². The Morgan fingerprint density at radius 2 is 1.81 bits per heavy atom. The van der Waals surface area contributed by atoms with E-state index in [9.17, 15) is 14.0 Å². The van der Waals surface area contributed by atoms with Crippen molar-refractivity contribution in [2.75, 3.05) is 11.9 Å². The summed E-state index contributed by atoms with van der Waals surface area (Å²) >= 11 is 0. The monoisotopic (exact) mass is 359 g/mol. The number of nitrogens with one attached hydrogen (secondary N) is 1. The number of anilines is 1. The number of ether oxygens (including phenoxy) is 2. The van der Waals surface area contributed by atoms with Gasteiger partial charge in [0.15, 0.2) is 6.10 Å². The zero-order valence-electron chi connectivity index (χ0n) is 15.0. The van der Waals surface area contributed by atoms with Crippen molar-refractivity contribution in [3.8, 4) is 5.75 Å². The van der Waals surface area contributed by atoms with Crippen molar-refractivity contribution in [2.45, 2.75) is 33.3 Å². The van der Waals surface area contributed by atoms with E-state index in [-0.39, 0.29) is 18.3 Å². The van der Waals surface area contributed by atoms with Gasteiger partial charge in [-0.15, -0.1) is 0 Å². The van der Waals surface area contributed by atoms with Crippen molar-refractivity contribution in [1.82, 2.24) is 0 Å². The van der Waals surface area contributed by atoms with Crippen LogP contribution in [0.15, 0.2) is 42.5 Å². The number of carbonyl (C=O) groups is 2. The molecule has 2 aromatic rings. The molecule has 1 atom stereocenters. The van der Waals surface area contributed by atoms with E-state index in [4.69, 9.17) is 9.47 Å². The summed E-state index contributed by atoms with van der Waals surface area (Å²) in [5.41, 5.74) is 1.54. The number of hydrogen-bond donors (Lipinski definition) is 1. The molecule has 138 valence electrons. The molecule has 1 N–H and O–H groups in total. The Morgan fingerprint density at radius 3 is 2.42 bits per heavy atom. The zero-order valence-corrected chi connectivity index (χ0v) is 15.0. The number of benzene rings is 2. The van der Waals surface area contributed by atoms with Crippen LogP contribution < -0.4 is 10.1 Å². The Kier molecular flexibility index (Phi) is 6.72. The largest absolute Gasteiger partial charge is 0.481 e. The van der Waals surface area contributed by atoms with Gasteiger partial charge < -0.3 is 14.8 Å². The second-order valence-corrected chi connectivity index (χ2v) is 5.66. The quantitative estimate of drug-likeness (QED) is 0.756. The first-order valence-corrected chi connectivity index (χ1v) is 8.46. The first-order valence-electron chi connectivity index (χ1n) is 8.46. The highest BCUT2D eigenvalue weighted by atomic mass is 19.1. The lowest BCUT2D eigenvalue weighted by atomic mass is 10.1. The molecule has 6 heteroatoms. The number of esters is 1. The van der Waals surface area contributed by atoms with Crippen LogP contribution in [0.5, 0.6) is 5.75 Å². The van der Waals surface area contributed by atoms with Gasteiger partial charge in [-0.3, -0.25) is 4.79 Å². The van der Waals surface area contributed by atoms with Crippen LogP contribution in [0.3, 0.4) is 0 Å². The van der Waals surface area contributed by atoms with E-state index in [1.807, 2.05) is 6.92 Å². The Balaban J connectivity index is 2.13. The molecule has 0 heterocycles. The smallest absolute Gasteiger partial charge is 0.338 e. The Bertz CT molecular complexity index is 774. The van der Waals surface area contributed by atoms with Crippen molar-refractivity contribution >= 4 is 17.6 Å². The summed E-state index contributed by atoms with van der Waals surface area (Å²) in [6.07, 6.45) is -0.314. The molecule has 1 amide bonds. The highest BCUT2D eigenvalue weighted by Crippen LogP contribution is 2.21. The molecule has 26 heavy (non-hydrogen) atoms. The molecule has 0 aliphatic heterocycles. The minimum absolute atomic E-state index is 0.276. The molecule has 0 aromatic heterocycles. The standard InChI is InChI=1S/C20H22FNO4/c1-4-18(26-15-11-9-14(21)10-12-15)19(23)22-17-8-6-7-16(13(17)3)20(24)25-5-2/h6-12,18H,4-5H2,1-3H3,(H,22,23)/t18-/m1/s1. The van der Waals surface area contributed by atoms with Crippen LogP contribution in [0.2, 0.25) is 0 Å². The van der Waals surface area contributed by atoms with Gasteiger partial charge in [-0.05, 0) is 62.2 Å². The second kappa shape index (κ2) is 8.99. The molecule has 0 aliphatic rings. The maximum Gasteiger partial charge on any atom is 0.338 e. The fourth-order valence-electron chi connectivity index (χ4n) is 2.41. The Morgan fingerprint density at radius 1 is 1.12 bits per heavy atom. The number of rotatable bonds is 7. The summed E-state index contributed by atoms with van der Waals surface area (Å²) in [4.78, 5) is 24.5. The fourth-order valence-corrected chi connectivity index (χ4v) is 2.41. The lowest BCUT2D eigenvalue weighted by molar-refractivity contribution is -0.122. The molecule has 0 spiro atoms. The third-order valence-electron chi connectivity index (χ3n) is 3.84. The predicted octanol–water partition coefficient (Wildman–Crippen LogP) is 4.11. The maximum absolute atomic E-state index is 13.0. The van der Waals surface area contributed by atoms with Crippen molar-refractivity contribution in [1.29, 1.82) is 0 Å². The third-order valence-corrected chi connectivity index (χ3v) is 3.84. The SMILES string of the molecule is CCOC(=O)c1cccc(NC(=O)[C@@H](CC)Oc2ccc(F)cc2)c1C. The van der Waals surface area contributed by atoms with E-state index in [2.05, 4.69) is 5.32 Å². The van der Waals surface area contributed by atoms with Gasteiger partial charge in [0.1, 0.15) is 11.6 Å². The summed E-state index contributed by atoms with van der Waals surface area (Å²) < 4.78 is 23.6. The molecular formula is C20H22FNO4. The van der Waals surface area contributed by atoms with Crippen LogP contribution in [0.1, 0.15) is 36.2 Å². The van der Waals surface area contributed by atoms with E-state index in [0.29, 0.717) is 29.0 Å². The minimum atomic E-state index is -0.744. The number of amides is 1. The normalized spacial score (nSPS) is 11.5. The van der Waals surface area contributed by atoms with Crippen molar-refractivity contribution in [3.05, 3.63) is 59.4 Å². The van der Waals surface area contributed by atoms with E-state index >= 15 is 0 Å². The highest BCUT2D eigenvalue weighted by molar-refractivity contribution is 5.98. The van der Waals surface area contributed by atoms with E-state index < -0.39 is 12.1 Å². The van der Waals surface area contributed by atoms with Gasteiger partial charge in [0.25, 0.3) is 5.91 Å². The molecule has 0 aliphatic carbocycles. The second-order valence-electron chi connectivity index (χ2n) is 5.66. The predicted molar refractivity (Wildman–Crippen MR) is 96.9 cm³/mol. The number of carbonyl (C=O) groups excluding carboxylic acids is 2. The van der Waals surface area contributed by atoms with Crippen molar-refractivity contribution < 1.29 is 23.5 Å². The molecule has 0 fully saturated rings. The highest BCUT2D eigenvalue weighted by Gasteiger charge is 2.20. The van der Waals surface area contributed by atoms with E-state index in [0.717, 1.165) is 0 Å². The summed E-state index contributed by atoms with van der Waals surface area (Å²) in [7, 11) is 0. The van der Waals surface area contributed by atoms with Crippen LogP contribution in [-0.4, -0.2) is 24.6 Å². The Labute approximate surface area is 152 Å². The third kappa shape index (κ3) is 4.81. The summed E-state index contributed by atoms with van der Waals surface area (Å²) in [6, 6.07) is 10.5. The Hall–Kier alpha value is -2.89. The van der Waals surface area contributed by atoms with Gasteiger partial charge in [0, 0.05) is 5.69 Å². The maximum atomic E-state index is 13.0. The summed E-state index contributed by atoms with van der Waals surface area (Å²) in [5.74, 6) is -0.747. The molecule has 0 unspecified atom stereocenters. The minimum Gasteiger partial charge on any atom is -0.481 e. The average molecular weight is 359 g/mol. The van der Waals surface area contributed by atoms with Gasteiger partial charge in [0.05, 0.1) is 12.2 Å². The van der Waals surface area contributed by atoms with Crippen LogP contribution in [-0.2, 0) is 9.53 Å². The molecule has 0 bridgehead atoms. The van der Waals surface area contributed by atoms with E-state index in [1.54, 1.807) is 32.0 Å². The lowest BCUT2D eigenvalue weighted by Gasteiger charge is -2.18. The zero-order chi connectivity index (χ0) is 19.1. The molecule has 0 saturated heterocycles. The first-order chi connectivity index (χ1) is 12.5. The molecule has 0 saturated carbocycles. The van der Waals surface area contributed by atoms with Crippen LogP contribution in [0, 0.1) is 12.7 Å². The van der Waals surface area contributed by atoms with Gasteiger partial charge in [-0.25, -0.2) is 9.18 Å². The molecule has 2 aromatic carbocycles. The van der Waals surface area contributed by atoms with E-state index in [1.165, 1.54) is 24.3 Å². The van der Waals surface area contributed by atoms with Crippen molar-refractivity contribution in [3.63, 3.8) is 0 Å². The molecule has 5 nitrogen and oxygen atoms in total. The van der Waals surface area contributed by atoms with Crippen LogP contribution >= 0.6 is 0 Å². The molecular weight excluding hydrogens is 337 g/mol. The summed E-state index contributed by atoms with van der Waals surface area (Å²) in [5, 5.41) is 2.78. The topological polar surface area (TPSA) is 64.6 Å². The van der Waals surface area contributed by atoms with Crippen LogP contribution in [0.4, 0.5) is 10.1 Å². The number of halogens is 1. The lowest BCUT2D eigenvalue weighted by Crippen LogP contribution is -2.32. The van der Waals surface area contributed by atoms with Gasteiger partial charge in [0.2, 0.25) is 0 Å². The van der Waals surface area contributed by atoms with Crippen LogP contribution in [0.25, 0.3) is 0 Å².